The van der Waals surface area contributed by atoms with Crippen molar-refractivity contribution in [3.8, 4) is 6.07 Å². The summed E-state index contributed by atoms with van der Waals surface area (Å²) in [6, 6.07) is 9.83. The number of rotatable bonds is 2. The smallest absolute Gasteiger partial charge is 0.100 e. The summed E-state index contributed by atoms with van der Waals surface area (Å²) in [6.07, 6.45) is 0. The summed E-state index contributed by atoms with van der Waals surface area (Å²) in [7, 11) is 0. The lowest BCUT2D eigenvalue weighted by atomic mass is 10.2. The van der Waals surface area contributed by atoms with Crippen LogP contribution in [0.25, 0.3) is 0 Å². The predicted molar refractivity (Wildman–Crippen MR) is 47.6 cm³/mol. The summed E-state index contributed by atoms with van der Waals surface area (Å²) in [6.45, 7) is 2.08. The second kappa shape index (κ2) is 4.05. The third-order valence-corrected chi connectivity index (χ3v) is 2.26. The van der Waals surface area contributed by atoms with E-state index in [4.69, 9.17) is 5.26 Å². The average Bonchev–Trinajstić information content (AvgIpc) is 2.06. The number of thioether (sulfide) groups is 1. The van der Waals surface area contributed by atoms with Gasteiger partial charge in [0.05, 0.1) is 5.56 Å². The Morgan fingerprint density at radius 1 is 1.45 bits per heavy atom. The SMILES string of the molecule is CCSc1ccccc1C#N. The first kappa shape index (κ1) is 8.16. The number of benzene rings is 1. The molecule has 0 aliphatic rings. The van der Waals surface area contributed by atoms with E-state index in [1.165, 1.54) is 0 Å². The molecule has 1 aromatic rings. The summed E-state index contributed by atoms with van der Waals surface area (Å²) < 4.78 is 0. The normalized spacial score (nSPS) is 9.09. The Labute approximate surface area is 71.0 Å². The number of hydrogen-bond donors (Lipinski definition) is 0. The lowest BCUT2D eigenvalue weighted by Gasteiger charge is -1.98. The molecule has 0 heterocycles. The van der Waals surface area contributed by atoms with Gasteiger partial charge < -0.3 is 0 Å². The van der Waals surface area contributed by atoms with Gasteiger partial charge in [-0.05, 0) is 17.9 Å². The molecule has 11 heavy (non-hydrogen) atoms. The molecule has 0 spiro atoms. The summed E-state index contributed by atoms with van der Waals surface area (Å²) >= 11 is 1.70. The fourth-order valence-electron chi connectivity index (χ4n) is 0.840. The van der Waals surface area contributed by atoms with E-state index in [0.717, 1.165) is 16.2 Å². The van der Waals surface area contributed by atoms with Crippen LogP contribution in [0.4, 0.5) is 0 Å². The van der Waals surface area contributed by atoms with Gasteiger partial charge in [-0.1, -0.05) is 19.1 Å². The highest BCUT2D eigenvalue weighted by Crippen LogP contribution is 2.20. The summed E-state index contributed by atoms with van der Waals surface area (Å²) in [5, 5.41) is 8.68. The highest BCUT2D eigenvalue weighted by Gasteiger charge is 1.97. The van der Waals surface area contributed by atoms with Crippen LogP contribution in [0.15, 0.2) is 29.2 Å². The van der Waals surface area contributed by atoms with Crippen molar-refractivity contribution in [3.05, 3.63) is 29.8 Å². The predicted octanol–water partition coefficient (Wildman–Crippen LogP) is 2.67. The Kier molecular flexibility index (Phi) is 3.00. The quantitative estimate of drug-likeness (QED) is 0.626. The molecule has 0 aromatic heterocycles. The maximum atomic E-state index is 8.68. The lowest BCUT2D eigenvalue weighted by Crippen LogP contribution is -1.79. The molecule has 0 saturated heterocycles. The highest BCUT2D eigenvalue weighted by atomic mass is 32.2. The van der Waals surface area contributed by atoms with E-state index in [1.807, 2.05) is 24.3 Å². The molecule has 1 nitrogen and oxygen atoms in total. The summed E-state index contributed by atoms with van der Waals surface area (Å²) in [5.74, 6) is 1.01. The first-order valence-electron chi connectivity index (χ1n) is 3.50. The van der Waals surface area contributed by atoms with Crippen LogP contribution in [0, 0.1) is 11.3 Å². The van der Waals surface area contributed by atoms with E-state index < -0.39 is 0 Å². The van der Waals surface area contributed by atoms with Crippen LogP contribution in [-0.4, -0.2) is 5.75 Å². The van der Waals surface area contributed by atoms with Gasteiger partial charge in [-0.15, -0.1) is 11.8 Å². The molecule has 2 heteroatoms. The Balaban J connectivity index is 2.95. The zero-order valence-corrected chi connectivity index (χ0v) is 7.19. The number of nitrogens with zero attached hydrogens (tertiary/aromatic N) is 1. The maximum absolute atomic E-state index is 8.68. The molecule has 0 atom stereocenters. The third-order valence-electron chi connectivity index (χ3n) is 1.31. The van der Waals surface area contributed by atoms with Crippen LogP contribution in [0.3, 0.4) is 0 Å². The van der Waals surface area contributed by atoms with Crippen molar-refractivity contribution in [3.63, 3.8) is 0 Å². The molecule has 0 amide bonds. The van der Waals surface area contributed by atoms with Crippen LogP contribution < -0.4 is 0 Å². The molecule has 0 fully saturated rings. The van der Waals surface area contributed by atoms with E-state index in [1.54, 1.807) is 11.8 Å². The average molecular weight is 163 g/mol. The standard InChI is InChI=1S/C9H9NS/c1-2-11-9-6-4-3-5-8(9)7-10/h3-6H,2H2,1H3. The van der Waals surface area contributed by atoms with Gasteiger partial charge in [0.1, 0.15) is 6.07 Å². The van der Waals surface area contributed by atoms with Crippen LogP contribution in [0.2, 0.25) is 0 Å². The van der Waals surface area contributed by atoms with Crippen molar-refractivity contribution < 1.29 is 0 Å². The van der Waals surface area contributed by atoms with Crippen LogP contribution in [0.5, 0.6) is 0 Å². The van der Waals surface area contributed by atoms with Gasteiger partial charge in [0.25, 0.3) is 0 Å². The monoisotopic (exact) mass is 163 g/mol. The molecule has 0 aliphatic carbocycles. The zero-order valence-electron chi connectivity index (χ0n) is 6.37. The second-order valence-corrected chi connectivity index (χ2v) is 3.35. The Hall–Kier alpha value is -0.940. The fourth-order valence-corrected chi connectivity index (χ4v) is 1.60. The number of nitriles is 1. The first-order valence-corrected chi connectivity index (χ1v) is 4.49. The van der Waals surface area contributed by atoms with Gasteiger partial charge in [0.15, 0.2) is 0 Å². The lowest BCUT2D eigenvalue weighted by molar-refractivity contribution is 1.36. The second-order valence-electron chi connectivity index (χ2n) is 2.04. The minimum absolute atomic E-state index is 0.777. The molecule has 0 aliphatic heterocycles. The van der Waals surface area contributed by atoms with Crippen molar-refractivity contribution in [2.75, 3.05) is 5.75 Å². The van der Waals surface area contributed by atoms with E-state index in [9.17, 15) is 0 Å². The maximum Gasteiger partial charge on any atom is 0.100 e. The molecular formula is C9H9NS. The van der Waals surface area contributed by atoms with Gasteiger partial charge in [-0.3, -0.25) is 0 Å². The van der Waals surface area contributed by atoms with Crippen LogP contribution in [0.1, 0.15) is 12.5 Å². The molecule has 1 rings (SSSR count). The van der Waals surface area contributed by atoms with Crippen molar-refractivity contribution in [1.82, 2.24) is 0 Å². The van der Waals surface area contributed by atoms with E-state index >= 15 is 0 Å². The van der Waals surface area contributed by atoms with Crippen LogP contribution in [-0.2, 0) is 0 Å². The number of hydrogen-bond acceptors (Lipinski definition) is 2. The Morgan fingerprint density at radius 2 is 2.18 bits per heavy atom. The van der Waals surface area contributed by atoms with Gasteiger partial charge in [0.2, 0.25) is 0 Å². The molecule has 0 N–H and O–H groups in total. The Bertz CT molecular complexity index is 275. The van der Waals surface area contributed by atoms with Crippen molar-refractivity contribution in [2.45, 2.75) is 11.8 Å². The van der Waals surface area contributed by atoms with E-state index in [2.05, 4.69) is 13.0 Å². The van der Waals surface area contributed by atoms with Crippen molar-refractivity contribution in [2.24, 2.45) is 0 Å². The van der Waals surface area contributed by atoms with Gasteiger partial charge in [-0.2, -0.15) is 5.26 Å². The largest absolute Gasteiger partial charge is 0.192 e. The third kappa shape index (κ3) is 1.99. The molecular weight excluding hydrogens is 154 g/mol. The van der Waals surface area contributed by atoms with Gasteiger partial charge >= 0.3 is 0 Å². The minimum Gasteiger partial charge on any atom is -0.192 e. The fraction of sp³-hybridized carbons (Fsp3) is 0.222. The van der Waals surface area contributed by atoms with Gasteiger partial charge in [0, 0.05) is 4.90 Å². The molecule has 0 saturated carbocycles. The molecule has 0 radical (unpaired) electrons. The molecule has 56 valence electrons. The Morgan fingerprint density at radius 3 is 2.82 bits per heavy atom. The zero-order chi connectivity index (χ0) is 8.10. The molecule has 0 bridgehead atoms. The van der Waals surface area contributed by atoms with E-state index in [-0.39, 0.29) is 0 Å². The van der Waals surface area contributed by atoms with Crippen LogP contribution >= 0.6 is 11.8 Å². The highest BCUT2D eigenvalue weighted by molar-refractivity contribution is 7.99. The molecule has 0 unspecified atom stereocenters. The minimum atomic E-state index is 0.777. The van der Waals surface area contributed by atoms with Crippen molar-refractivity contribution in [1.29, 1.82) is 5.26 Å². The van der Waals surface area contributed by atoms with Gasteiger partial charge in [-0.25, -0.2) is 0 Å². The first-order chi connectivity index (χ1) is 5.38. The molecule has 1 aromatic carbocycles. The summed E-state index contributed by atoms with van der Waals surface area (Å²) in [5.41, 5.74) is 0.777. The summed E-state index contributed by atoms with van der Waals surface area (Å²) in [4.78, 5) is 1.08. The van der Waals surface area contributed by atoms with E-state index in [0.29, 0.717) is 0 Å². The topological polar surface area (TPSA) is 23.8 Å². The van der Waals surface area contributed by atoms with Crippen molar-refractivity contribution >= 4 is 11.8 Å².